The van der Waals surface area contributed by atoms with Crippen LogP contribution in [0, 0.1) is 0 Å². The number of aromatic nitrogens is 1. The smallest absolute Gasteiger partial charge is 0.337 e. The highest BCUT2D eigenvalue weighted by molar-refractivity contribution is 7.64. The van der Waals surface area contributed by atoms with E-state index >= 15 is 0 Å². The molecule has 0 saturated carbocycles. The highest BCUT2D eigenvalue weighted by atomic mass is 31.2. The average Bonchev–Trinajstić information content (AvgIpc) is 2.25. The van der Waals surface area contributed by atoms with E-state index in [0.29, 0.717) is 5.69 Å². The lowest BCUT2D eigenvalue weighted by atomic mass is 10.2. The zero-order valence-electron chi connectivity index (χ0n) is 8.76. The third-order valence-corrected chi connectivity index (χ3v) is 5.03. The Labute approximate surface area is 98.5 Å². The predicted molar refractivity (Wildman–Crippen MR) is 61.1 cm³/mol. The third kappa shape index (κ3) is 5.55. The molecule has 3 atom stereocenters. The van der Waals surface area contributed by atoms with Crippen LogP contribution in [0.25, 0.3) is 0 Å². The zero-order valence-corrected chi connectivity index (χ0v) is 10.7. The molecule has 9 heteroatoms. The summed E-state index contributed by atoms with van der Waals surface area (Å²) in [7, 11) is -7.22. The summed E-state index contributed by atoms with van der Waals surface area (Å²) >= 11 is 0. The lowest BCUT2D eigenvalue weighted by Crippen LogP contribution is -2.08. The van der Waals surface area contributed by atoms with E-state index in [-0.39, 0.29) is 0 Å². The van der Waals surface area contributed by atoms with E-state index in [2.05, 4.69) is 9.51 Å². The van der Waals surface area contributed by atoms with Crippen molar-refractivity contribution in [2.45, 2.75) is 6.10 Å². The van der Waals surface area contributed by atoms with Gasteiger partial charge in [-0.05, 0) is 12.1 Å². The molecule has 0 bridgehead atoms. The van der Waals surface area contributed by atoms with Gasteiger partial charge in [-0.25, -0.2) is 0 Å². The fourth-order valence-corrected chi connectivity index (χ4v) is 3.17. The first-order valence-corrected chi connectivity index (χ1v) is 8.00. The van der Waals surface area contributed by atoms with Gasteiger partial charge in [-0.3, -0.25) is 14.1 Å². The first-order valence-electron chi connectivity index (χ1n) is 4.68. The maximum absolute atomic E-state index is 11.2. The molecule has 7 nitrogen and oxygen atoms in total. The van der Waals surface area contributed by atoms with Crippen molar-refractivity contribution in [1.82, 2.24) is 4.98 Å². The van der Waals surface area contributed by atoms with Gasteiger partial charge in [0.2, 0.25) is 8.03 Å². The van der Waals surface area contributed by atoms with Crippen LogP contribution >= 0.6 is 15.6 Å². The molecule has 1 rings (SSSR count). The van der Waals surface area contributed by atoms with Gasteiger partial charge in [0.1, 0.15) is 12.0 Å². The molecule has 0 spiro atoms. The molecule has 3 N–H and O–H groups in total. The Hall–Kier alpha value is -0.550. The first kappa shape index (κ1) is 14.5. The van der Waals surface area contributed by atoms with Gasteiger partial charge in [-0.15, -0.1) is 0 Å². The second-order valence-electron chi connectivity index (χ2n) is 3.26. The number of pyridine rings is 1. The molecule has 0 aromatic carbocycles. The van der Waals surface area contributed by atoms with Crippen LogP contribution in [0.2, 0.25) is 0 Å². The lowest BCUT2D eigenvalue weighted by Gasteiger charge is -2.14. The summed E-state index contributed by atoms with van der Waals surface area (Å²) in [4.78, 5) is 21.5. The third-order valence-electron chi connectivity index (χ3n) is 1.80. The molecule has 0 fully saturated rings. The lowest BCUT2D eigenvalue weighted by molar-refractivity contribution is 0.0975. The maximum Gasteiger partial charge on any atom is 0.337 e. The summed E-state index contributed by atoms with van der Waals surface area (Å²) in [6.45, 7) is -0.458. The summed E-state index contributed by atoms with van der Waals surface area (Å²) in [5.74, 6) is -0.813. The van der Waals surface area contributed by atoms with E-state index in [1.165, 1.54) is 12.3 Å². The molecule has 0 aliphatic heterocycles. The van der Waals surface area contributed by atoms with Crippen molar-refractivity contribution in [1.29, 1.82) is 0 Å². The van der Waals surface area contributed by atoms with Gasteiger partial charge in [0.25, 0.3) is 0 Å². The summed E-state index contributed by atoms with van der Waals surface area (Å²) in [5, 5.41) is 9.57. The summed E-state index contributed by atoms with van der Waals surface area (Å²) in [5.41, 5.74) is 0.296. The SMILES string of the molecule is O=[PH](O)CP(=O)(O)OCC(O)c1ccccn1. The zero-order chi connectivity index (χ0) is 12.9. The molecule has 0 radical (unpaired) electrons. The van der Waals surface area contributed by atoms with Crippen LogP contribution in [0.5, 0.6) is 0 Å². The van der Waals surface area contributed by atoms with Gasteiger partial charge >= 0.3 is 7.60 Å². The molecule has 0 aliphatic rings. The molecule has 0 aliphatic carbocycles. The van der Waals surface area contributed by atoms with Crippen LogP contribution in [-0.4, -0.2) is 32.4 Å². The van der Waals surface area contributed by atoms with E-state index in [1.807, 2.05) is 0 Å². The second kappa shape index (κ2) is 6.40. The highest BCUT2D eigenvalue weighted by Crippen LogP contribution is 2.48. The number of hydrogen-bond acceptors (Lipinski definition) is 5. The number of aliphatic hydroxyl groups is 1. The second-order valence-corrected chi connectivity index (χ2v) is 6.84. The molecular weight excluding hydrogens is 268 g/mol. The minimum absolute atomic E-state index is 0.296. The fraction of sp³-hybridized carbons (Fsp3) is 0.375. The van der Waals surface area contributed by atoms with Crippen molar-refractivity contribution in [3.05, 3.63) is 30.1 Å². The average molecular weight is 281 g/mol. The van der Waals surface area contributed by atoms with Gasteiger partial charge in [-0.1, -0.05) is 6.07 Å². The molecule has 0 amide bonds. The molecule has 3 unspecified atom stereocenters. The van der Waals surface area contributed by atoms with Crippen LogP contribution < -0.4 is 0 Å². The Balaban J connectivity index is 2.51. The van der Waals surface area contributed by atoms with E-state index in [1.54, 1.807) is 12.1 Å². The minimum atomic E-state index is -4.13. The molecule has 17 heavy (non-hydrogen) atoms. The van der Waals surface area contributed by atoms with Crippen LogP contribution in [-0.2, 0) is 13.7 Å². The Morgan fingerprint density at radius 3 is 2.76 bits per heavy atom. The minimum Gasteiger partial charge on any atom is -0.384 e. The first-order chi connectivity index (χ1) is 7.91. The van der Waals surface area contributed by atoms with Gasteiger partial charge in [0.15, 0.2) is 0 Å². The molecule has 96 valence electrons. The largest absolute Gasteiger partial charge is 0.384 e. The Bertz CT molecular complexity index is 425. The highest BCUT2D eigenvalue weighted by Gasteiger charge is 2.24. The summed E-state index contributed by atoms with van der Waals surface area (Å²) < 4.78 is 26.2. The standard InChI is InChI=1S/C8H13NO6P2/c10-8(7-3-1-2-4-9-7)5-15-17(13,14)6-16(11)12/h1-4,8,10,16H,5-6H2,(H,11,12)(H,13,14). The predicted octanol–water partition coefficient (Wildman–Crippen LogP) is 0.741. The van der Waals surface area contributed by atoms with Crippen molar-refractivity contribution in [3.63, 3.8) is 0 Å². The maximum atomic E-state index is 11.2. The van der Waals surface area contributed by atoms with E-state index < -0.39 is 34.2 Å². The monoisotopic (exact) mass is 281 g/mol. The van der Waals surface area contributed by atoms with Gasteiger partial charge in [0.05, 0.1) is 12.3 Å². The van der Waals surface area contributed by atoms with Crippen molar-refractivity contribution in [3.8, 4) is 0 Å². The van der Waals surface area contributed by atoms with Crippen molar-refractivity contribution >= 4 is 15.6 Å². The number of aliphatic hydroxyl groups excluding tert-OH is 1. The topological polar surface area (TPSA) is 117 Å². The molecule has 1 aromatic heterocycles. The van der Waals surface area contributed by atoms with Gasteiger partial charge < -0.3 is 19.4 Å². The number of hydrogen-bond donors (Lipinski definition) is 3. The Morgan fingerprint density at radius 2 is 2.24 bits per heavy atom. The summed E-state index contributed by atoms with van der Waals surface area (Å²) in [6.07, 6.45) is 0.307. The van der Waals surface area contributed by atoms with Gasteiger partial charge in [-0.2, -0.15) is 0 Å². The molecular formula is C8H13NO6P2. The van der Waals surface area contributed by atoms with E-state index in [4.69, 9.17) is 9.79 Å². The molecule has 0 saturated heterocycles. The normalized spacial score (nSPS) is 18.3. The summed E-state index contributed by atoms with van der Waals surface area (Å²) in [6, 6.07) is 4.84. The number of rotatable bonds is 6. The van der Waals surface area contributed by atoms with Crippen molar-refractivity contribution in [2.75, 3.05) is 12.5 Å². The Morgan fingerprint density at radius 1 is 1.53 bits per heavy atom. The van der Waals surface area contributed by atoms with Crippen molar-refractivity contribution in [2.24, 2.45) is 0 Å². The van der Waals surface area contributed by atoms with Crippen molar-refractivity contribution < 1.29 is 28.5 Å². The van der Waals surface area contributed by atoms with Crippen LogP contribution in [0.4, 0.5) is 0 Å². The van der Waals surface area contributed by atoms with E-state index in [9.17, 15) is 14.2 Å². The van der Waals surface area contributed by atoms with Gasteiger partial charge in [0, 0.05) is 6.20 Å². The molecule has 1 aromatic rings. The molecule has 1 heterocycles. The number of nitrogens with zero attached hydrogens (tertiary/aromatic N) is 1. The quantitative estimate of drug-likeness (QED) is 0.658. The van der Waals surface area contributed by atoms with Crippen LogP contribution in [0.15, 0.2) is 24.4 Å². The van der Waals surface area contributed by atoms with Crippen LogP contribution in [0.3, 0.4) is 0 Å². The fourth-order valence-electron chi connectivity index (χ4n) is 1.06. The van der Waals surface area contributed by atoms with E-state index in [0.717, 1.165) is 0 Å². The van der Waals surface area contributed by atoms with Crippen LogP contribution in [0.1, 0.15) is 11.8 Å². The Kier molecular flexibility index (Phi) is 5.46.